The third-order valence-electron chi connectivity index (χ3n) is 5.97. The molecule has 0 unspecified atom stereocenters. The van der Waals surface area contributed by atoms with Gasteiger partial charge < -0.3 is 29.5 Å². The van der Waals surface area contributed by atoms with E-state index in [-0.39, 0.29) is 5.91 Å². The van der Waals surface area contributed by atoms with E-state index in [9.17, 15) is 4.79 Å². The minimum atomic E-state index is -0.0638. The van der Waals surface area contributed by atoms with Crippen molar-refractivity contribution in [2.75, 3.05) is 69.7 Å². The highest BCUT2D eigenvalue weighted by Gasteiger charge is 2.17. The van der Waals surface area contributed by atoms with Crippen molar-refractivity contribution in [1.82, 2.24) is 14.9 Å². The molecular formula is C26H32N6O3. The molecule has 1 N–H and O–H groups in total. The Hall–Kier alpha value is -3.85. The second-order valence-corrected chi connectivity index (χ2v) is 8.64. The number of anilines is 5. The number of nitrogens with zero attached hydrogens (tertiary/aromatic N) is 5. The standard InChI is InChI=1S/C26H32N6O3/c1-18-6-7-22(34-5)17-23(18)31(4)24-8-9-27-26(29-24)28-20-14-19(25(33)30(2)3)15-21(16-20)32-10-12-35-13-11-32/h6-9,14-17H,10-13H2,1-5H3,(H,27,28,29). The van der Waals surface area contributed by atoms with Crippen LogP contribution in [0.4, 0.5) is 28.8 Å². The van der Waals surface area contributed by atoms with Gasteiger partial charge in [-0.05, 0) is 42.8 Å². The summed E-state index contributed by atoms with van der Waals surface area (Å²) in [4.78, 5) is 27.7. The summed E-state index contributed by atoms with van der Waals surface area (Å²) in [6.07, 6.45) is 1.72. The molecule has 0 saturated carbocycles. The van der Waals surface area contributed by atoms with Crippen molar-refractivity contribution in [2.24, 2.45) is 0 Å². The van der Waals surface area contributed by atoms with Gasteiger partial charge in [0, 0.05) is 69.1 Å². The molecule has 0 spiro atoms. The summed E-state index contributed by atoms with van der Waals surface area (Å²) >= 11 is 0. The van der Waals surface area contributed by atoms with Crippen LogP contribution in [0.1, 0.15) is 15.9 Å². The molecule has 2 heterocycles. The van der Waals surface area contributed by atoms with Crippen LogP contribution in [0.2, 0.25) is 0 Å². The summed E-state index contributed by atoms with van der Waals surface area (Å²) in [6, 6.07) is 13.6. The average molecular weight is 477 g/mol. The first-order valence-corrected chi connectivity index (χ1v) is 11.5. The van der Waals surface area contributed by atoms with Gasteiger partial charge in [-0.3, -0.25) is 4.79 Å². The van der Waals surface area contributed by atoms with Crippen LogP contribution in [-0.4, -0.2) is 75.3 Å². The van der Waals surface area contributed by atoms with Crippen molar-refractivity contribution >= 4 is 34.7 Å². The van der Waals surface area contributed by atoms with Crippen LogP contribution in [-0.2, 0) is 4.74 Å². The maximum Gasteiger partial charge on any atom is 0.253 e. The number of morpholine rings is 1. The van der Waals surface area contributed by atoms with E-state index in [1.807, 2.05) is 61.3 Å². The molecular weight excluding hydrogens is 444 g/mol. The summed E-state index contributed by atoms with van der Waals surface area (Å²) in [7, 11) is 7.11. The maximum atomic E-state index is 12.8. The van der Waals surface area contributed by atoms with Gasteiger partial charge in [0.15, 0.2) is 0 Å². The molecule has 1 aromatic heterocycles. The molecule has 1 aliphatic heterocycles. The van der Waals surface area contributed by atoms with Crippen molar-refractivity contribution in [3.05, 3.63) is 59.8 Å². The molecule has 1 saturated heterocycles. The zero-order valence-electron chi connectivity index (χ0n) is 20.9. The van der Waals surface area contributed by atoms with Crippen molar-refractivity contribution in [2.45, 2.75) is 6.92 Å². The number of rotatable bonds is 7. The zero-order valence-corrected chi connectivity index (χ0v) is 20.9. The molecule has 9 nitrogen and oxygen atoms in total. The Morgan fingerprint density at radius 3 is 2.57 bits per heavy atom. The van der Waals surface area contributed by atoms with Gasteiger partial charge in [0.05, 0.1) is 20.3 Å². The first kappa shape index (κ1) is 24.3. The topological polar surface area (TPSA) is 83.1 Å². The molecule has 9 heteroatoms. The lowest BCUT2D eigenvalue weighted by molar-refractivity contribution is 0.0827. The van der Waals surface area contributed by atoms with Crippen LogP contribution in [0.3, 0.4) is 0 Å². The van der Waals surface area contributed by atoms with E-state index in [0.29, 0.717) is 24.7 Å². The van der Waals surface area contributed by atoms with Gasteiger partial charge in [0.2, 0.25) is 5.95 Å². The molecule has 0 radical (unpaired) electrons. The SMILES string of the molecule is COc1ccc(C)c(N(C)c2ccnc(Nc3cc(C(=O)N(C)C)cc(N4CCOCC4)c3)n2)c1. The van der Waals surface area contributed by atoms with Crippen molar-refractivity contribution in [3.8, 4) is 5.75 Å². The van der Waals surface area contributed by atoms with Crippen LogP contribution in [0.15, 0.2) is 48.7 Å². The van der Waals surface area contributed by atoms with Gasteiger partial charge in [0.1, 0.15) is 11.6 Å². The van der Waals surface area contributed by atoms with E-state index in [2.05, 4.69) is 15.2 Å². The van der Waals surface area contributed by atoms with E-state index in [1.54, 1.807) is 32.3 Å². The Bertz CT molecular complexity index is 1190. The molecule has 4 rings (SSSR count). The first-order valence-electron chi connectivity index (χ1n) is 11.5. The number of nitrogens with one attached hydrogen (secondary N) is 1. The zero-order chi connectivity index (χ0) is 24.9. The second kappa shape index (κ2) is 10.6. The third kappa shape index (κ3) is 5.63. The van der Waals surface area contributed by atoms with Gasteiger partial charge in [-0.15, -0.1) is 0 Å². The Morgan fingerprint density at radius 1 is 1.09 bits per heavy atom. The van der Waals surface area contributed by atoms with Gasteiger partial charge >= 0.3 is 0 Å². The van der Waals surface area contributed by atoms with E-state index in [4.69, 9.17) is 14.5 Å². The predicted octanol–water partition coefficient (Wildman–Crippen LogP) is 3.84. The molecule has 1 aliphatic rings. The van der Waals surface area contributed by atoms with E-state index >= 15 is 0 Å². The summed E-state index contributed by atoms with van der Waals surface area (Å²) in [5, 5.41) is 3.30. The molecule has 184 valence electrons. The minimum Gasteiger partial charge on any atom is -0.497 e. The Kier molecular flexibility index (Phi) is 7.36. The number of amides is 1. The lowest BCUT2D eigenvalue weighted by atomic mass is 10.1. The van der Waals surface area contributed by atoms with Gasteiger partial charge in [0.25, 0.3) is 5.91 Å². The van der Waals surface area contributed by atoms with Gasteiger partial charge in [-0.2, -0.15) is 4.98 Å². The highest BCUT2D eigenvalue weighted by atomic mass is 16.5. The fourth-order valence-corrected chi connectivity index (χ4v) is 4.00. The van der Waals surface area contributed by atoms with Crippen LogP contribution in [0.25, 0.3) is 0 Å². The molecule has 0 bridgehead atoms. The number of benzene rings is 2. The fraction of sp³-hybridized carbons (Fsp3) is 0.346. The lowest BCUT2D eigenvalue weighted by Crippen LogP contribution is -2.36. The molecule has 1 amide bonds. The number of hydrogen-bond acceptors (Lipinski definition) is 8. The number of carbonyl (C=O) groups is 1. The molecule has 2 aromatic carbocycles. The molecule has 35 heavy (non-hydrogen) atoms. The maximum absolute atomic E-state index is 12.8. The number of carbonyl (C=O) groups excluding carboxylic acids is 1. The second-order valence-electron chi connectivity index (χ2n) is 8.64. The summed E-state index contributed by atoms with van der Waals surface area (Å²) in [6.45, 7) is 4.92. The first-order chi connectivity index (χ1) is 16.9. The van der Waals surface area contributed by atoms with Crippen molar-refractivity contribution in [3.63, 3.8) is 0 Å². The number of aryl methyl sites for hydroxylation is 1. The van der Waals surface area contributed by atoms with E-state index < -0.39 is 0 Å². The number of ether oxygens (including phenoxy) is 2. The molecule has 3 aromatic rings. The van der Waals surface area contributed by atoms with Crippen molar-refractivity contribution < 1.29 is 14.3 Å². The summed E-state index contributed by atoms with van der Waals surface area (Å²) in [5.41, 5.74) is 4.40. The fourth-order valence-electron chi connectivity index (χ4n) is 4.00. The van der Waals surface area contributed by atoms with Gasteiger partial charge in [-0.1, -0.05) is 6.07 Å². The number of aromatic nitrogens is 2. The minimum absolute atomic E-state index is 0.0638. The highest BCUT2D eigenvalue weighted by molar-refractivity contribution is 5.96. The predicted molar refractivity (Wildman–Crippen MR) is 139 cm³/mol. The lowest BCUT2D eigenvalue weighted by Gasteiger charge is -2.29. The van der Waals surface area contributed by atoms with Crippen LogP contribution in [0.5, 0.6) is 5.75 Å². The molecule has 0 atom stereocenters. The monoisotopic (exact) mass is 476 g/mol. The van der Waals surface area contributed by atoms with Gasteiger partial charge in [-0.25, -0.2) is 4.98 Å². The number of hydrogen-bond donors (Lipinski definition) is 1. The largest absolute Gasteiger partial charge is 0.497 e. The number of methoxy groups -OCH3 is 1. The van der Waals surface area contributed by atoms with Crippen LogP contribution < -0.4 is 19.9 Å². The normalized spacial score (nSPS) is 13.3. The Morgan fingerprint density at radius 2 is 1.86 bits per heavy atom. The molecule has 0 aliphatic carbocycles. The third-order valence-corrected chi connectivity index (χ3v) is 5.97. The van der Waals surface area contributed by atoms with E-state index in [1.165, 1.54) is 0 Å². The van der Waals surface area contributed by atoms with Crippen LogP contribution in [0, 0.1) is 6.92 Å². The highest BCUT2D eigenvalue weighted by Crippen LogP contribution is 2.30. The Labute approximate surface area is 206 Å². The quantitative estimate of drug-likeness (QED) is 0.551. The Balaban J connectivity index is 1.64. The summed E-state index contributed by atoms with van der Waals surface area (Å²) in [5.74, 6) is 1.89. The van der Waals surface area contributed by atoms with Crippen LogP contribution >= 0.6 is 0 Å². The smallest absolute Gasteiger partial charge is 0.253 e. The average Bonchev–Trinajstić information content (AvgIpc) is 2.88. The summed E-state index contributed by atoms with van der Waals surface area (Å²) < 4.78 is 10.9. The molecule has 1 fully saturated rings. The van der Waals surface area contributed by atoms with Crippen molar-refractivity contribution in [1.29, 1.82) is 0 Å². The van der Waals surface area contributed by atoms with E-state index in [0.717, 1.165) is 47.3 Å².